The van der Waals surface area contributed by atoms with Crippen LogP contribution in [0.4, 0.5) is 5.69 Å². The summed E-state index contributed by atoms with van der Waals surface area (Å²) in [5, 5.41) is 12.1. The third-order valence-electron chi connectivity index (χ3n) is 1.91. The van der Waals surface area contributed by atoms with E-state index in [1.807, 2.05) is 0 Å². The quantitative estimate of drug-likeness (QED) is 0.560. The molecule has 0 spiro atoms. The maximum Gasteiger partial charge on any atom is 0.273 e. The Morgan fingerprint density at radius 3 is 2.22 bits per heavy atom. The van der Waals surface area contributed by atoms with E-state index in [4.69, 9.17) is 0 Å². The van der Waals surface area contributed by atoms with Crippen LogP contribution in [0.15, 0.2) is 18.2 Å². The largest absolute Gasteiger partial charge is 0.507 e. The first-order valence-corrected chi connectivity index (χ1v) is 5.07. The molecule has 0 aliphatic rings. The van der Waals surface area contributed by atoms with Gasteiger partial charge in [-0.05, 0) is 12.1 Å². The average Bonchev–Trinajstić information content (AvgIpc) is 2.25. The van der Waals surface area contributed by atoms with Crippen molar-refractivity contribution in [1.82, 2.24) is 10.9 Å². The van der Waals surface area contributed by atoms with E-state index in [9.17, 15) is 19.5 Å². The Balaban J connectivity index is 2.81. The van der Waals surface area contributed by atoms with Gasteiger partial charge in [-0.1, -0.05) is 0 Å². The lowest BCUT2D eigenvalue weighted by atomic mass is 10.1. The number of benzene rings is 1. The Morgan fingerprint density at radius 1 is 1.06 bits per heavy atom. The van der Waals surface area contributed by atoms with Gasteiger partial charge in [-0.15, -0.1) is 0 Å². The van der Waals surface area contributed by atoms with E-state index in [2.05, 4.69) is 16.2 Å². The van der Waals surface area contributed by atoms with E-state index in [1.165, 1.54) is 32.0 Å². The summed E-state index contributed by atoms with van der Waals surface area (Å²) in [5.41, 5.74) is 4.57. The number of phenolic OH excluding ortho intramolecular Hbond substituents is 1. The molecule has 1 aromatic carbocycles. The Bertz CT molecular complexity index is 499. The molecule has 4 N–H and O–H groups in total. The number of anilines is 1. The molecule has 0 aliphatic carbocycles. The zero-order valence-corrected chi connectivity index (χ0v) is 9.90. The Kier molecular flexibility index (Phi) is 4.25. The summed E-state index contributed by atoms with van der Waals surface area (Å²) < 4.78 is 0. The first-order valence-electron chi connectivity index (χ1n) is 5.07. The standard InChI is InChI=1S/C11H13N3O4/c1-6(15)12-8-3-4-9(10(17)5-8)11(18)14-13-7(2)16/h3-5,17H,1-2H3,(H,12,15)(H,13,16)(H,14,18). The van der Waals surface area contributed by atoms with E-state index in [0.717, 1.165) is 0 Å². The molecule has 18 heavy (non-hydrogen) atoms. The summed E-state index contributed by atoms with van der Waals surface area (Å²) in [6, 6.07) is 4.03. The summed E-state index contributed by atoms with van der Waals surface area (Å²) in [6.45, 7) is 2.56. The Morgan fingerprint density at radius 2 is 1.72 bits per heavy atom. The van der Waals surface area contributed by atoms with Crippen LogP contribution in [-0.2, 0) is 9.59 Å². The summed E-state index contributed by atoms with van der Waals surface area (Å²) in [4.78, 5) is 32.9. The summed E-state index contributed by atoms with van der Waals surface area (Å²) >= 11 is 0. The maximum atomic E-state index is 11.5. The van der Waals surface area contributed by atoms with Crippen LogP contribution in [0.3, 0.4) is 0 Å². The van der Waals surface area contributed by atoms with E-state index in [-0.39, 0.29) is 17.2 Å². The van der Waals surface area contributed by atoms with Gasteiger partial charge in [-0.3, -0.25) is 25.2 Å². The highest BCUT2D eigenvalue weighted by Crippen LogP contribution is 2.21. The average molecular weight is 251 g/mol. The van der Waals surface area contributed by atoms with Gasteiger partial charge in [0.15, 0.2) is 0 Å². The molecule has 1 aromatic rings. The van der Waals surface area contributed by atoms with Crippen LogP contribution in [0, 0.1) is 0 Å². The number of amides is 3. The molecule has 0 unspecified atom stereocenters. The fourth-order valence-corrected chi connectivity index (χ4v) is 1.22. The summed E-state index contributed by atoms with van der Waals surface area (Å²) in [5.74, 6) is -1.68. The van der Waals surface area contributed by atoms with Crippen LogP contribution >= 0.6 is 0 Å². The van der Waals surface area contributed by atoms with E-state index >= 15 is 0 Å². The molecule has 3 amide bonds. The van der Waals surface area contributed by atoms with E-state index < -0.39 is 11.8 Å². The normalized spacial score (nSPS) is 9.44. The second-order valence-corrected chi connectivity index (χ2v) is 3.55. The lowest BCUT2D eigenvalue weighted by molar-refractivity contribution is -0.119. The number of carbonyl (C=O) groups excluding carboxylic acids is 3. The SMILES string of the molecule is CC(=O)NNC(=O)c1ccc(NC(C)=O)cc1O. The molecule has 0 fully saturated rings. The van der Waals surface area contributed by atoms with Crippen molar-refractivity contribution in [2.45, 2.75) is 13.8 Å². The molecule has 1 rings (SSSR count). The zero-order valence-electron chi connectivity index (χ0n) is 9.90. The minimum absolute atomic E-state index is 0.0159. The van der Waals surface area contributed by atoms with Crippen molar-refractivity contribution in [2.24, 2.45) is 0 Å². The molecule has 0 radical (unpaired) electrons. The Labute approximate surface area is 103 Å². The van der Waals surface area contributed by atoms with Crippen molar-refractivity contribution in [1.29, 1.82) is 0 Å². The second-order valence-electron chi connectivity index (χ2n) is 3.55. The van der Waals surface area contributed by atoms with Crippen LogP contribution < -0.4 is 16.2 Å². The first-order chi connectivity index (χ1) is 8.40. The number of hydrazine groups is 1. The number of phenols is 1. The van der Waals surface area contributed by atoms with Crippen molar-refractivity contribution in [3.05, 3.63) is 23.8 Å². The predicted octanol–water partition coefficient (Wildman–Crippen LogP) is 0.131. The minimum Gasteiger partial charge on any atom is -0.507 e. The lowest BCUT2D eigenvalue weighted by Crippen LogP contribution is -2.40. The fraction of sp³-hybridized carbons (Fsp3) is 0.182. The number of nitrogens with one attached hydrogen (secondary N) is 3. The highest BCUT2D eigenvalue weighted by atomic mass is 16.3. The smallest absolute Gasteiger partial charge is 0.273 e. The van der Waals surface area contributed by atoms with Gasteiger partial charge < -0.3 is 10.4 Å². The lowest BCUT2D eigenvalue weighted by Gasteiger charge is -2.08. The predicted molar refractivity (Wildman–Crippen MR) is 63.7 cm³/mol. The molecule has 0 saturated heterocycles. The number of hydrogen-bond acceptors (Lipinski definition) is 4. The van der Waals surface area contributed by atoms with Gasteiger partial charge in [0.25, 0.3) is 5.91 Å². The van der Waals surface area contributed by atoms with Gasteiger partial charge in [-0.25, -0.2) is 0 Å². The van der Waals surface area contributed by atoms with Crippen LogP contribution in [0.25, 0.3) is 0 Å². The van der Waals surface area contributed by atoms with E-state index in [0.29, 0.717) is 5.69 Å². The summed E-state index contributed by atoms with van der Waals surface area (Å²) in [6.07, 6.45) is 0. The van der Waals surface area contributed by atoms with Crippen LogP contribution in [-0.4, -0.2) is 22.8 Å². The van der Waals surface area contributed by atoms with Crippen LogP contribution in [0.2, 0.25) is 0 Å². The molecule has 96 valence electrons. The van der Waals surface area contributed by atoms with Crippen molar-refractivity contribution in [3.63, 3.8) is 0 Å². The van der Waals surface area contributed by atoms with E-state index in [1.54, 1.807) is 0 Å². The maximum absolute atomic E-state index is 11.5. The molecule has 7 nitrogen and oxygen atoms in total. The molecule has 0 aromatic heterocycles. The van der Waals surface area contributed by atoms with Gasteiger partial charge in [0.05, 0.1) is 5.56 Å². The third-order valence-corrected chi connectivity index (χ3v) is 1.91. The molecule has 0 aliphatic heterocycles. The van der Waals surface area contributed by atoms with Crippen LogP contribution in [0.1, 0.15) is 24.2 Å². The highest BCUT2D eigenvalue weighted by Gasteiger charge is 2.11. The number of hydrogen-bond donors (Lipinski definition) is 4. The monoisotopic (exact) mass is 251 g/mol. The van der Waals surface area contributed by atoms with Crippen LogP contribution in [0.5, 0.6) is 5.75 Å². The molecule has 7 heteroatoms. The fourth-order valence-electron chi connectivity index (χ4n) is 1.22. The molecule has 0 bridgehead atoms. The zero-order chi connectivity index (χ0) is 13.7. The van der Waals surface area contributed by atoms with Crippen molar-refractivity contribution in [3.8, 4) is 5.75 Å². The van der Waals surface area contributed by atoms with Gasteiger partial charge >= 0.3 is 0 Å². The number of aromatic hydroxyl groups is 1. The van der Waals surface area contributed by atoms with Gasteiger partial charge in [-0.2, -0.15) is 0 Å². The molecular formula is C11H13N3O4. The third kappa shape index (κ3) is 3.78. The number of rotatable bonds is 2. The first kappa shape index (κ1) is 13.5. The number of carbonyl (C=O) groups is 3. The second kappa shape index (κ2) is 5.67. The molecular weight excluding hydrogens is 238 g/mol. The van der Waals surface area contributed by atoms with Crippen molar-refractivity contribution < 1.29 is 19.5 Å². The highest BCUT2D eigenvalue weighted by molar-refractivity contribution is 5.98. The van der Waals surface area contributed by atoms with Crippen molar-refractivity contribution in [2.75, 3.05) is 5.32 Å². The van der Waals surface area contributed by atoms with Gasteiger partial charge in [0.1, 0.15) is 5.75 Å². The molecule has 0 heterocycles. The van der Waals surface area contributed by atoms with Gasteiger partial charge in [0, 0.05) is 25.6 Å². The summed E-state index contributed by atoms with van der Waals surface area (Å²) in [7, 11) is 0. The molecule has 0 atom stereocenters. The topological polar surface area (TPSA) is 108 Å². The van der Waals surface area contributed by atoms with Crippen molar-refractivity contribution >= 4 is 23.4 Å². The Hall–Kier alpha value is -2.57. The van der Waals surface area contributed by atoms with Gasteiger partial charge in [0.2, 0.25) is 11.8 Å². The molecule has 0 saturated carbocycles. The minimum atomic E-state index is -0.655.